The number of carbonyl (C=O) groups is 4. The average molecular weight is 574 g/mol. The third-order valence-electron chi connectivity index (χ3n) is 6.23. The van der Waals surface area contributed by atoms with Crippen LogP contribution in [0.2, 0.25) is 0 Å². The van der Waals surface area contributed by atoms with Crippen LogP contribution >= 0.6 is 0 Å². The number of aliphatic hydroxyl groups is 1. The summed E-state index contributed by atoms with van der Waals surface area (Å²) in [6, 6.07) is 8.50. The van der Waals surface area contributed by atoms with Crippen molar-refractivity contribution < 1.29 is 33.8 Å². The molecule has 3 atom stereocenters. The summed E-state index contributed by atoms with van der Waals surface area (Å²) in [6.07, 6.45) is 7.52. The number of carbonyl (C=O) groups excluding carboxylic acids is 4. The maximum Gasteiger partial charge on any atom is 0.407 e. The Morgan fingerprint density at radius 3 is 2.41 bits per heavy atom. The molecule has 0 heterocycles. The van der Waals surface area contributed by atoms with Crippen LogP contribution in [0, 0.1) is 5.92 Å². The van der Waals surface area contributed by atoms with Gasteiger partial charge in [0.2, 0.25) is 11.8 Å². The summed E-state index contributed by atoms with van der Waals surface area (Å²) in [4.78, 5) is 49.6. The molecule has 0 fully saturated rings. The Morgan fingerprint density at radius 2 is 1.73 bits per heavy atom. The van der Waals surface area contributed by atoms with Crippen LogP contribution in [0.25, 0.3) is 0 Å². The quantitative estimate of drug-likeness (QED) is 0.0935. The van der Waals surface area contributed by atoms with Crippen LogP contribution in [0.1, 0.15) is 70.3 Å². The molecule has 4 N–H and O–H groups in total. The first kappa shape index (κ1) is 35.4. The van der Waals surface area contributed by atoms with Gasteiger partial charge in [0.15, 0.2) is 0 Å². The minimum Gasteiger partial charge on any atom is -0.463 e. The van der Waals surface area contributed by atoms with Crippen LogP contribution in [0.4, 0.5) is 4.79 Å². The predicted molar refractivity (Wildman–Crippen MR) is 158 cm³/mol. The molecule has 0 aliphatic carbocycles. The van der Waals surface area contributed by atoms with Gasteiger partial charge < -0.3 is 30.5 Å². The van der Waals surface area contributed by atoms with Gasteiger partial charge in [-0.15, -0.1) is 13.2 Å². The lowest BCUT2D eigenvalue weighted by molar-refractivity contribution is -0.145. The van der Waals surface area contributed by atoms with E-state index in [2.05, 4.69) is 29.1 Å². The van der Waals surface area contributed by atoms with Crippen molar-refractivity contribution in [3.05, 3.63) is 61.2 Å². The van der Waals surface area contributed by atoms with E-state index in [0.717, 1.165) is 18.4 Å². The Labute approximate surface area is 243 Å². The van der Waals surface area contributed by atoms with Crippen molar-refractivity contribution in [3.8, 4) is 0 Å². The summed E-state index contributed by atoms with van der Waals surface area (Å²) in [7, 11) is 0. The maximum atomic E-state index is 13.1. The van der Waals surface area contributed by atoms with Gasteiger partial charge in [0.05, 0.1) is 18.6 Å². The molecular weight excluding hydrogens is 526 g/mol. The topological polar surface area (TPSA) is 143 Å². The van der Waals surface area contributed by atoms with E-state index in [1.165, 1.54) is 0 Å². The number of ether oxygens (including phenoxy) is 2. The molecule has 0 radical (unpaired) electrons. The van der Waals surface area contributed by atoms with E-state index in [9.17, 15) is 24.3 Å². The van der Waals surface area contributed by atoms with Crippen LogP contribution in [0.15, 0.2) is 55.6 Å². The molecule has 10 nitrogen and oxygen atoms in total. The largest absolute Gasteiger partial charge is 0.463 e. The number of hydrogen-bond donors (Lipinski definition) is 4. The fourth-order valence-corrected chi connectivity index (χ4v) is 3.91. The minimum atomic E-state index is -0.656. The molecule has 0 bridgehead atoms. The highest BCUT2D eigenvalue weighted by Crippen LogP contribution is 2.13. The first-order chi connectivity index (χ1) is 19.8. The van der Waals surface area contributed by atoms with E-state index in [1.54, 1.807) is 19.1 Å². The molecule has 0 unspecified atom stereocenters. The molecule has 1 aromatic carbocycles. The third kappa shape index (κ3) is 17.6. The lowest BCUT2D eigenvalue weighted by Gasteiger charge is -2.23. The number of benzene rings is 1. The van der Waals surface area contributed by atoms with Gasteiger partial charge in [-0.3, -0.25) is 14.4 Å². The van der Waals surface area contributed by atoms with E-state index in [1.807, 2.05) is 30.3 Å². The molecule has 1 aromatic rings. The lowest BCUT2D eigenvalue weighted by Crippen LogP contribution is -2.44. The molecule has 10 heteroatoms. The summed E-state index contributed by atoms with van der Waals surface area (Å²) < 4.78 is 10.7. The van der Waals surface area contributed by atoms with Crippen molar-refractivity contribution >= 4 is 23.9 Å². The summed E-state index contributed by atoms with van der Waals surface area (Å²) in [6.45, 7) is 9.40. The minimum absolute atomic E-state index is 0.00707. The molecule has 0 aromatic heterocycles. The smallest absolute Gasteiger partial charge is 0.407 e. The van der Waals surface area contributed by atoms with Crippen molar-refractivity contribution in [2.75, 3.05) is 19.8 Å². The first-order valence-corrected chi connectivity index (χ1v) is 14.3. The maximum absolute atomic E-state index is 13.1. The highest BCUT2D eigenvalue weighted by Gasteiger charge is 2.24. The number of nitrogens with one attached hydrogen (secondary N) is 3. The predicted octanol–water partition coefficient (Wildman–Crippen LogP) is 3.94. The molecule has 0 saturated heterocycles. The number of aliphatic hydroxyl groups excluding tert-OH is 1. The number of hydrogen-bond acceptors (Lipinski definition) is 7. The van der Waals surface area contributed by atoms with Gasteiger partial charge in [-0.2, -0.15) is 0 Å². The highest BCUT2D eigenvalue weighted by atomic mass is 16.5. The third-order valence-corrected chi connectivity index (χ3v) is 6.23. The second-order valence-electron chi connectivity index (χ2n) is 9.98. The summed E-state index contributed by atoms with van der Waals surface area (Å²) >= 11 is 0. The van der Waals surface area contributed by atoms with Crippen LogP contribution in [0.5, 0.6) is 0 Å². The summed E-state index contributed by atoms with van der Waals surface area (Å²) in [5.41, 5.74) is 0.895. The number of unbranched alkanes of at least 4 members (excludes halogenated alkanes) is 3. The number of esters is 1. The van der Waals surface area contributed by atoms with Crippen molar-refractivity contribution in [3.63, 3.8) is 0 Å². The van der Waals surface area contributed by atoms with Gasteiger partial charge in [-0.25, -0.2) is 4.79 Å². The monoisotopic (exact) mass is 573 g/mol. The van der Waals surface area contributed by atoms with Gasteiger partial charge >= 0.3 is 12.1 Å². The van der Waals surface area contributed by atoms with E-state index in [-0.39, 0.29) is 56.9 Å². The Bertz CT molecular complexity index is 939. The van der Waals surface area contributed by atoms with Crippen molar-refractivity contribution in [2.24, 2.45) is 5.92 Å². The molecule has 41 heavy (non-hydrogen) atoms. The van der Waals surface area contributed by atoms with E-state index in [0.29, 0.717) is 32.2 Å². The van der Waals surface area contributed by atoms with E-state index < -0.39 is 24.1 Å². The molecule has 0 aliphatic rings. The molecule has 1 rings (SSSR count). The zero-order chi connectivity index (χ0) is 30.3. The van der Waals surface area contributed by atoms with Crippen molar-refractivity contribution in [1.82, 2.24) is 16.0 Å². The Morgan fingerprint density at radius 1 is 0.976 bits per heavy atom. The van der Waals surface area contributed by atoms with Gasteiger partial charge in [-0.05, 0) is 57.4 Å². The van der Waals surface area contributed by atoms with E-state index in [4.69, 9.17) is 9.47 Å². The standard InChI is InChI=1S/C31H47N3O7/c1-4-6-7-11-18-29(37)40-23-27(34-30(38)26(14-5-2)20-28(36)33-24(3)21-35)17-12-13-19-32-31(39)41-22-25-15-9-8-10-16-25/h4-5,8-10,15-16,24,26-27,35H,1-2,6-7,11-14,17-23H2,3H3,(H,32,39)(H,33,36)(H,34,38)/t24-,26+,27-/m0/s1. The molecule has 3 amide bonds. The van der Waals surface area contributed by atoms with Crippen molar-refractivity contribution in [2.45, 2.75) is 83.4 Å². The van der Waals surface area contributed by atoms with Gasteiger partial charge in [0, 0.05) is 25.4 Å². The Kier molecular flexibility index (Phi) is 19.0. The fourth-order valence-electron chi connectivity index (χ4n) is 3.91. The van der Waals surface area contributed by atoms with Crippen LogP contribution in [-0.4, -0.2) is 60.8 Å². The molecule has 228 valence electrons. The SMILES string of the molecule is C=CCCCCC(=O)OC[C@H](CCCCNC(=O)OCc1ccccc1)NC(=O)[C@H](CC=C)CC(=O)N[C@@H](C)CO. The Balaban J connectivity index is 2.60. The zero-order valence-electron chi connectivity index (χ0n) is 24.3. The van der Waals surface area contributed by atoms with Gasteiger partial charge in [0.25, 0.3) is 0 Å². The highest BCUT2D eigenvalue weighted by molar-refractivity contribution is 5.86. The van der Waals surface area contributed by atoms with Gasteiger partial charge in [0.1, 0.15) is 13.2 Å². The summed E-state index contributed by atoms with van der Waals surface area (Å²) in [5, 5.41) is 17.5. The number of rotatable bonds is 22. The molecular formula is C31H47N3O7. The normalized spacial score (nSPS) is 12.7. The fraction of sp³-hybridized carbons (Fsp3) is 0.548. The van der Waals surface area contributed by atoms with E-state index >= 15 is 0 Å². The second-order valence-corrected chi connectivity index (χ2v) is 9.98. The molecule has 0 aliphatic heterocycles. The van der Waals surface area contributed by atoms with Crippen LogP contribution in [-0.2, 0) is 30.5 Å². The summed E-state index contributed by atoms with van der Waals surface area (Å²) in [5.74, 6) is -1.68. The zero-order valence-corrected chi connectivity index (χ0v) is 24.3. The number of allylic oxidation sites excluding steroid dienone is 2. The van der Waals surface area contributed by atoms with Gasteiger partial charge in [-0.1, -0.05) is 42.5 Å². The molecule has 0 spiro atoms. The average Bonchev–Trinajstić information content (AvgIpc) is 2.96. The van der Waals surface area contributed by atoms with Crippen molar-refractivity contribution in [1.29, 1.82) is 0 Å². The van der Waals surface area contributed by atoms with Crippen LogP contribution in [0.3, 0.4) is 0 Å². The number of amides is 3. The Hall–Kier alpha value is -3.66. The lowest BCUT2D eigenvalue weighted by atomic mass is 9.98. The molecule has 0 saturated carbocycles. The second kappa shape index (κ2) is 22.1. The first-order valence-electron chi connectivity index (χ1n) is 14.3. The van der Waals surface area contributed by atoms with Crippen LogP contribution < -0.4 is 16.0 Å². The number of alkyl carbamates (subject to hydrolysis) is 1.